The lowest BCUT2D eigenvalue weighted by atomic mass is 9.96. The van der Waals surface area contributed by atoms with Gasteiger partial charge in [-0.25, -0.2) is 19.3 Å². The van der Waals surface area contributed by atoms with Crippen LogP contribution in [0.25, 0.3) is 0 Å². The normalized spacial score (nSPS) is 12.0. The van der Waals surface area contributed by atoms with E-state index in [-0.39, 0.29) is 19.8 Å². The molecule has 2 aromatic carbocycles. The fraction of sp³-hybridized carbons (Fsp3) is 0.423. The number of nitrogens with zero attached hydrogens (tertiary/aromatic N) is 1. The van der Waals surface area contributed by atoms with E-state index in [1.54, 1.807) is 58.0 Å². The van der Waals surface area contributed by atoms with E-state index in [2.05, 4.69) is 0 Å². The number of benzene rings is 2. The molecule has 0 aromatic heterocycles. The van der Waals surface area contributed by atoms with Gasteiger partial charge < -0.3 is 18.9 Å². The highest BCUT2D eigenvalue weighted by Crippen LogP contribution is 2.31. The molecule has 2 rings (SSSR count). The van der Waals surface area contributed by atoms with E-state index in [0.717, 1.165) is 16.0 Å². The standard InChI is InChI=1S/C26H32ClNO7/c1-7-33-23(29)19-10-8-9-18(15-19)22(21-16-20(27)12-11-17(21)2)34-14-13-28(24(30)32-6)25(31)35-26(3,4)5/h8-12,15-16,22H,7,13-14H2,1-6H3. The fourth-order valence-corrected chi connectivity index (χ4v) is 3.43. The van der Waals surface area contributed by atoms with Gasteiger partial charge in [0.1, 0.15) is 11.7 Å². The van der Waals surface area contributed by atoms with Gasteiger partial charge in [-0.15, -0.1) is 0 Å². The van der Waals surface area contributed by atoms with E-state index >= 15 is 0 Å². The van der Waals surface area contributed by atoms with Crippen molar-refractivity contribution in [2.45, 2.75) is 46.3 Å². The number of imide groups is 1. The quantitative estimate of drug-likeness (QED) is 0.324. The van der Waals surface area contributed by atoms with E-state index in [1.165, 1.54) is 7.11 Å². The summed E-state index contributed by atoms with van der Waals surface area (Å²) in [6.07, 6.45) is -2.34. The zero-order chi connectivity index (χ0) is 26.2. The van der Waals surface area contributed by atoms with Crippen LogP contribution in [0.15, 0.2) is 42.5 Å². The number of aryl methyl sites for hydroxylation is 1. The number of amides is 2. The Hall–Kier alpha value is -3.10. The second kappa shape index (κ2) is 12.6. The van der Waals surface area contributed by atoms with Gasteiger partial charge in [-0.1, -0.05) is 29.8 Å². The van der Waals surface area contributed by atoms with Crippen LogP contribution in [-0.4, -0.2) is 55.5 Å². The van der Waals surface area contributed by atoms with Crippen molar-refractivity contribution in [1.29, 1.82) is 0 Å². The van der Waals surface area contributed by atoms with Crippen LogP contribution in [0.1, 0.15) is 60.8 Å². The minimum absolute atomic E-state index is 0.0331. The Labute approximate surface area is 211 Å². The Morgan fingerprint density at radius 3 is 2.40 bits per heavy atom. The first kappa shape index (κ1) is 28.1. The van der Waals surface area contributed by atoms with E-state index in [9.17, 15) is 14.4 Å². The maximum Gasteiger partial charge on any atom is 0.419 e. The van der Waals surface area contributed by atoms with Gasteiger partial charge in [0, 0.05) is 5.02 Å². The Bertz CT molecular complexity index is 1050. The van der Waals surface area contributed by atoms with Crippen molar-refractivity contribution in [3.05, 3.63) is 69.7 Å². The first-order chi connectivity index (χ1) is 16.5. The number of hydrogen-bond acceptors (Lipinski definition) is 7. The summed E-state index contributed by atoms with van der Waals surface area (Å²) in [5, 5.41) is 0.519. The van der Waals surface area contributed by atoms with Crippen molar-refractivity contribution < 1.29 is 33.3 Å². The fourth-order valence-electron chi connectivity index (χ4n) is 3.25. The first-order valence-corrected chi connectivity index (χ1v) is 11.6. The van der Waals surface area contributed by atoms with Gasteiger partial charge >= 0.3 is 18.2 Å². The number of halogens is 1. The zero-order valence-electron chi connectivity index (χ0n) is 20.9. The number of methoxy groups -OCH3 is 1. The molecule has 2 aromatic rings. The third-order valence-electron chi connectivity index (χ3n) is 4.83. The number of ether oxygens (including phenoxy) is 4. The van der Waals surface area contributed by atoms with Crippen molar-refractivity contribution in [3.8, 4) is 0 Å². The zero-order valence-corrected chi connectivity index (χ0v) is 21.7. The molecule has 0 bridgehead atoms. The number of hydrogen-bond donors (Lipinski definition) is 0. The molecule has 35 heavy (non-hydrogen) atoms. The molecule has 0 saturated heterocycles. The predicted molar refractivity (Wildman–Crippen MR) is 132 cm³/mol. The smallest absolute Gasteiger partial charge is 0.419 e. The third kappa shape index (κ3) is 8.26. The molecule has 0 spiro atoms. The van der Waals surface area contributed by atoms with Crippen LogP contribution in [0.5, 0.6) is 0 Å². The number of carbonyl (C=O) groups excluding carboxylic acids is 3. The van der Waals surface area contributed by atoms with E-state index < -0.39 is 29.9 Å². The summed E-state index contributed by atoms with van der Waals surface area (Å²) in [4.78, 5) is 37.9. The molecule has 9 heteroatoms. The molecule has 0 saturated carbocycles. The SMILES string of the molecule is CCOC(=O)c1cccc(C(OCCN(C(=O)OC)C(=O)OC(C)(C)C)c2cc(Cl)ccc2C)c1. The monoisotopic (exact) mass is 505 g/mol. The van der Waals surface area contributed by atoms with E-state index in [4.69, 9.17) is 30.5 Å². The molecule has 0 aliphatic carbocycles. The number of carbonyl (C=O) groups is 3. The summed E-state index contributed by atoms with van der Waals surface area (Å²) in [6.45, 7) is 8.86. The molecular formula is C26H32ClNO7. The van der Waals surface area contributed by atoms with E-state index in [1.807, 2.05) is 19.1 Å². The molecule has 1 atom stereocenters. The van der Waals surface area contributed by atoms with Crippen molar-refractivity contribution >= 4 is 29.8 Å². The van der Waals surface area contributed by atoms with Gasteiger partial charge in [-0.3, -0.25) is 0 Å². The molecule has 0 fully saturated rings. The molecule has 1 unspecified atom stereocenters. The lowest BCUT2D eigenvalue weighted by molar-refractivity contribution is 0.0122. The van der Waals surface area contributed by atoms with Gasteiger partial charge in [0.05, 0.1) is 32.4 Å². The predicted octanol–water partition coefficient (Wildman–Crippen LogP) is 5.93. The van der Waals surface area contributed by atoms with Crippen molar-refractivity contribution in [2.24, 2.45) is 0 Å². The maximum absolute atomic E-state index is 12.5. The summed E-state index contributed by atoms with van der Waals surface area (Å²) < 4.78 is 21.3. The van der Waals surface area contributed by atoms with Crippen molar-refractivity contribution in [3.63, 3.8) is 0 Å². The summed E-state index contributed by atoms with van der Waals surface area (Å²) in [7, 11) is 1.18. The molecule has 0 N–H and O–H groups in total. The van der Waals surface area contributed by atoms with Gasteiger partial charge in [0.25, 0.3) is 0 Å². The largest absolute Gasteiger partial charge is 0.462 e. The van der Waals surface area contributed by atoms with Gasteiger partial charge in [0.15, 0.2) is 0 Å². The molecule has 2 amide bonds. The molecule has 0 aliphatic heterocycles. The molecule has 0 aliphatic rings. The minimum Gasteiger partial charge on any atom is -0.462 e. The Morgan fingerprint density at radius 1 is 1.06 bits per heavy atom. The second-order valence-corrected chi connectivity index (χ2v) is 9.14. The number of esters is 1. The van der Waals surface area contributed by atoms with E-state index in [0.29, 0.717) is 16.1 Å². The number of rotatable bonds is 8. The highest BCUT2D eigenvalue weighted by molar-refractivity contribution is 6.30. The Kier molecular flexibility index (Phi) is 10.1. The lowest BCUT2D eigenvalue weighted by Gasteiger charge is -2.26. The third-order valence-corrected chi connectivity index (χ3v) is 5.07. The van der Waals surface area contributed by atoms with Crippen LogP contribution in [0.3, 0.4) is 0 Å². The van der Waals surface area contributed by atoms with Crippen LogP contribution >= 0.6 is 11.6 Å². The topological polar surface area (TPSA) is 91.4 Å². The van der Waals surface area contributed by atoms with Crippen LogP contribution in [0, 0.1) is 6.92 Å². The molecule has 0 heterocycles. The second-order valence-electron chi connectivity index (χ2n) is 8.70. The average Bonchev–Trinajstić information content (AvgIpc) is 2.79. The molecular weight excluding hydrogens is 474 g/mol. The molecule has 190 valence electrons. The Balaban J connectivity index is 2.34. The highest BCUT2D eigenvalue weighted by Gasteiger charge is 2.28. The van der Waals surface area contributed by atoms with Crippen LogP contribution in [0.4, 0.5) is 9.59 Å². The van der Waals surface area contributed by atoms with Crippen LogP contribution < -0.4 is 0 Å². The average molecular weight is 506 g/mol. The van der Waals surface area contributed by atoms with Gasteiger partial charge in [-0.05, 0) is 75.6 Å². The summed E-state index contributed by atoms with van der Waals surface area (Å²) >= 11 is 6.26. The summed E-state index contributed by atoms with van der Waals surface area (Å²) in [5.74, 6) is -0.447. The highest BCUT2D eigenvalue weighted by atomic mass is 35.5. The lowest BCUT2D eigenvalue weighted by Crippen LogP contribution is -2.42. The van der Waals surface area contributed by atoms with Gasteiger partial charge in [0.2, 0.25) is 0 Å². The van der Waals surface area contributed by atoms with Crippen molar-refractivity contribution in [1.82, 2.24) is 4.90 Å². The minimum atomic E-state index is -0.859. The maximum atomic E-state index is 12.5. The summed E-state index contributed by atoms with van der Waals surface area (Å²) in [6, 6.07) is 12.3. The first-order valence-electron chi connectivity index (χ1n) is 11.2. The summed E-state index contributed by atoms with van der Waals surface area (Å²) in [5.41, 5.74) is 1.96. The van der Waals surface area contributed by atoms with Gasteiger partial charge in [-0.2, -0.15) is 0 Å². The van der Waals surface area contributed by atoms with Crippen LogP contribution in [0.2, 0.25) is 5.02 Å². The van der Waals surface area contributed by atoms with Crippen LogP contribution in [-0.2, 0) is 18.9 Å². The van der Waals surface area contributed by atoms with Crippen molar-refractivity contribution in [2.75, 3.05) is 26.9 Å². The molecule has 8 nitrogen and oxygen atoms in total. The molecule has 0 radical (unpaired) electrons. The Morgan fingerprint density at radius 2 is 1.77 bits per heavy atom.